The fourth-order valence-corrected chi connectivity index (χ4v) is 5.74. The first kappa shape index (κ1) is 20.5. The van der Waals surface area contributed by atoms with Crippen molar-refractivity contribution in [1.29, 1.82) is 5.26 Å². The van der Waals surface area contributed by atoms with E-state index in [0.717, 1.165) is 40.4 Å². The van der Waals surface area contributed by atoms with Crippen molar-refractivity contribution in [3.63, 3.8) is 0 Å². The molecule has 0 unspecified atom stereocenters. The average molecular weight is 439 g/mol. The van der Waals surface area contributed by atoms with Gasteiger partial charge in [-0.05, 0) is 87.8 Å². The maximum atomic E-state index is 9.17. The monoisotopic (exact) mass is 438 g/mol. The highest BCUT2D eigenvalue weighted by Gasteiger charge is 2.26. The molecular formula is C27H30N6. The number of benzene rings is 2. The van der Waals surface area contributed by atoms with Crippen molar-refractivity contribution in [3.05, 3.63) is 53.6 Å². The van der Waals surface area contributed by atoms with Crippen LogP contribution in [-0.4, -0.2) is 57.2 Å². The molecule has 2 aromatic heterocycles. The van der Waals surface area contributed by atoms with Gasteiger partial charge in [-0.25, -0.2) is 0 Å². The third kappa shape index (κ3) is 3.92. The topological polar surface area (TPSA) is 74.7 Å². The van der Waals surface area contributed by atoms with Crippen molar-refractivity contribution < 1.29 is 0 Å². The summed E-state index contributed by atoms with van der Waals surface area (Å²) in [5.74, 6) is 0. The van der Waals surface area contributed by atoms with Gasteiger partial charge in [-0.2, -0.15) is 10.4 Å². The minimum absolute atomic E-state index is 0.640. The van der Waals surface area contributed by atoms with Gasteiger partial charge in [0.2, 0.25) is 0 Å². The highest BCUT2D eigenvalue weighted by atomic mass is 15.2. The number of H-pyrrole nitrogens is 2. The SMILES string of the molecule is N#Cc1ccc2c(-c3cc4c(CN5CCC(N6CCCCC6)CC5)cccc4[nH]3)n[nH]c2c1. The molecule has 0 amide bonds. The summed E-state index contributed by atoms with van der Waals surface area (Å²) in [7, 11) is 0. The van der Waals surface area contributed by atoms with Gasteiger partial charge in [0.15, 0.2) is 0 Å². The number of hydrogen-bond donors (Lipinski definition) is 2. The van der Waals surface area contributed by atoms with Crippen LogP contribution in [0.1, 0.15) is 43.2 Å². The Labute approximate surface area is 194 Å². The summed E-state index contributed by atoms with van der Waals surface area (Å²) in [6.45, 7) is 5.96. The highest BCUT2D eigenvalue weighted by molar-refractivity contribution is 5.96. The summed E-state index contributed by atoms with van der Waals surface area (Å²) >= 11 is 0. The van der Waals surface area contributed by atoms with Gasteiger partial charge < -0.3 is 9.88 Å². The second kappa shape index (κ2) is 8.66. The summed E-state index contributed by atoms with van der Waals surface area (Å²) in [5.41, 5.74) is 5.96. The zero-order valence-electron chi connectivity index (χ0n) is 19.0. The molecular weight excluding hydrogens is 408 g/mol. The molecule has 0 atom stereocenters. The summed E-state index contributed by atoms with van der Waals surface area (Å²) in [6, 6.07) is 17.5. The smallest absolute Gasteiger partial charge is 0.116 e. The minimum atomic E-state index is 0.640. The van der Waals surface area contributed by atoms with Crippen LogP contribution in [0.5, 0.6) is 0 Å². The van der Waals surface area contributed by atoms with Gasteiger partial charge in [0.25, 0.3) is 0 Å². The molecule has 6 nitrogen and oxygen atoms in total. The maximum Gasteiger partial charge on any atom is 0.116 e. The van der Waals surface area contributed by atoms with Crippen molar-refractivity contribution >= 4 is 21.8 Å². The molecule has 2 fully saturated rings. The van der Waals surface area contributed by atoms with E-state index >= 15 is 0 Å². The van der Waals surface area contributed by atoms with E-state index in [4.69, 9.17) is 5.26 Å². The lowest BCUT2D eigenvalue weighted by molar-refractivity contribution is 0.0898. The normalized spacial score (nSPS) is 18.8. The number of nitrogens with one attached hydrogen (secondary N) is 2. The largest absolute Gasteiger partial charge is 0.353 e. The number of aromatic nitrogens is 3. The molecule has 0 radical (unpaired) electrons. The predicted octanol–water partition coefficient (Wildman–Crippen LogP) is 5.03. The van der Waals surface area contributed by atoms with E-state index in [1.54, 1.807) is 0 Å². The third-order valence-corrected chi connectivity index (χ3v) is 7.56. The second-order valence-corrected chi connectivity index (χ2v) is 9.61. The van der Waals surface area contributed by atoms with Gasteiger partial charge in [0, 0.05) is 28.9 Å². The van der Waals surface area contributed by atoms with E-state index in [9.17, 15) is 0 Å². The molecule has 2 N–H and O–H groups in total. The Morgan fingerprint density at radius 1 is 0.939 bits per heavy atom. The fraction of sp³-hybridized carbons (Fsp3) is 0.407. The first-order valence-corrected chi connectivity index (χ1v) is 12.2. The number of piperidine rings is 2. The molecule has 2 aliphatic heterocycles. The Morgan fingerprint density at radius 3 is 2.61 bits per heavy atom. The summed E-state index contributed by atoms with van der Waals surface area (Å²) in [6.07, 6.45) is 6.75. The van der Waals surface area contributed by atoms with Crippen molar-refractivity contribution in [2.24, 2.45) is 0 Å². The molecule has 0 spiro atoms. The van der Waals surface area contributed by atoms with Crippen molar-refractivity contribution in [1.82, 2.24) is 25.0 Å². The zero-order valence-corrected chi connectivity index (χ0v) is 19.0. The molecule has 6 rings (SSSR count). The lowest BCUT2D eigenvalue weighted by atomic mass is 9.99. The lowest BCUT2D eigenvalue weighted by Crippen LogP contribution is -2.46. The van der Waals surface area contributed by atoms with E-state index in [2.05, 4.69) is 55.3 Å². The number of nitriles is 1. The Balaban J connectivity index is 1.21. The second-order valence-electron chi connectivity index (χ2n) is 9.61. The van der Waals surface area contributed by atoms with Crippen LogP contribution in [0.2, 0.25) is 0 Å². The molecule has 2 aliphatic rings. The zero-order chi connectivity index (χ0) is 22.2. The molecule has 0 bridgehead atoms. The molecule has 2 saturated heterocycles. The van der Waals surface area contributed by atoms with Gasteiger partial charge in [0.05, 0.1) is 22.8 Å². The van der Waals surface area contributed by atoms with Crippen molar-refractivity contribution in [3.8, 4) is 17.5 Å². The number of fused-ring (bicyclic) bond motifs is 2. The van der Waals surface area contributed by atoms with Crippen LogP contribution >= 0.6 is 0 Å². The van der Waals surface area contributed by atoms with E-state index in [1.807, 2.05) is 18.2 Å². The minimum Gasteiger partial charge on any atom is -0.353 e. The van der Waals surface area contributed by atoms with E-state index in [0.29, 0.717) is 5.56 Å². The van der Waals surface area contributed by atoms with E-state index in [-0.39, 0.29) is 0 Å². The Hall–Kier alpha value is -3.14. The average Bonchev–Trinajstić information content (AvgIpc) is 3.49. The fourth-order valence-electron chi connectivity index (χ4n) is 5.74. The van der Waals surface area contributed by atoms with E-state index in [1.165, 1.54) is 69.2 Å². The molecule has 6 heteroatoms. The summed E-state index contributed by atoms with van der Waals surface area (Å²) in [5, 5.41) is 19.1. The number of aromatic amines is 2. The van der Waals surface area contributed by atoms with Crippen LogP contribution < -0.4 is 0 Å². The molecule has 0 saturated carbocycles. The van der Waals surface area contributed by atoms with Crippen LogP contribution in [0.4, 0.5) is 0 Å². The Morgan fingerprint density at radius 2 is 1.79 bits per heavy atom. The number of rotatable bonds is 4. The van der Waals surface area contributed by atoms with Crippen LogP contribution in [0, 0.1) is 11.3 Å². The first-order chi connectivity index (χ1) is 16.3. The van der Waals surface area contributed by atoms with Gasteiger partial charge in [-0.15, -0.1) is 0 Å². The molecule has 168 valence electrons. The van der Waals surface area contributed by atoms with Crippen LogP contribution in [-0.2, 0) is 6.54 Å². The van der Waals surface area contributed by atoms with Crippen LogP contribution in [0.15, 0.2) is 42.5 Å². The third-order valence-electron chi connectivity index (χ3n) is 7.56. The maximum absolute atomic E-state index is 9.17. The van der Waals surface area contributed by atoms with Gasteiger partial charge >= 0.3 is 0 Å². The molecule has 2 aromatic carbocycles. The lowest BCUT2D eigenvalue weighted by Gasteiger charge is -2.40. The summed E-state index contributed by atoms with van der Waals surface area (Å²) in [4.78, 5) is 8.94. The standard InChI is InChI=1S/C27H30N6/c28-17-19-7-8-22-25(15-19)30-31-27(22)26-16-23-20(5-4-6-24(23)29-26)18-32-13-9-21(10-14-32)33-11-2-1-3-12-33/h4-8,15-16,21,29H,1-3,9-14,18H2,(H,30,31). The van der Waals surface area contributed by atoms with Gasteiger partial charge in [-0.3, -0.25) is 10.00 Å². The van der Waals surface area contributed by atoms with Crippen LogP contribution in [0.25, 0.3) is 33.2 Å². The van der Waals surface area contributed by atoms with Crippen molar-refractivity contribution in [2.75, 3.05) is 26.2 Å². The highest BCUT2D eigenvalue weighted by Crippen LogP contribution is 2.31. The molecule has 4 heterocycles. The number of nitrogens with zero attached hydrogens (tertiary/aromatic N) is 4. The molecule has 4 aromatic rings. The van der Waals surface area contributed by atoms with E-state index < -0.39 is 0 Å². The van der Waals surface area contributed by atoms with Gasteiger partial charge in [0.1, 0.15) is 5.69 Å². The summed E-state index contributed by atoms with van der Waals surface area (Å²) < 4.78 is 0. The molecule has 33 heavy (non-hydrogen) atoms. The number of hydrogen-bond acceptors (Lipinski definition) is 4. The Bertz CT molecular complexity index is 1310. The number of likely N-dealkylation sites (tertiary alicyclic amines) is 2. The molecule has 0 aliphatic carbocycles. The van der Waals surface area contributed by atoms with Crippen LogP contribution in [0.3, 0.4) is 0 Å². The van der Waals surface area contributed by atoms with Gasteiger partial charge in [-0.1, -0.05) is 18.6 Å². The van der Waals surface area contributed by atoms with Crippen molar-refractivity contribution in [2.45, 2.75) is 44.7 Å². The first-order valence-electron chi connectivity index (χ1n) is 12.2. The quantitative estimate of drug-likeness (QED) is 0.468. The Kier molecular flexibility index (Phi) is 5.37. The predicted molar refractivity (Wildman–Crippen MR) is 132 cm³/mol.